The largest absolute Gasteiger partial charge is 0.465 e. The normalized spacial score (nSPS) is 11.6. The van der Waals surface area contributed by atoms with Crippen molar-refractivity contribution in [1.82, 2.24) is 14.3 Å². The molecule has 28 heavy (non-hydrogen) atoms. The van der Waals surface area contributed by atoms with Crippen molar-refractivity contribution in [3.05, 3.63) is 71.7 Å². The summed E-state index contributed by atoms with van der Waals surface area (Å²) in [5.41, 5.74) is 2.33. The summed E-state index contributed by atoms with van der Waals surface area (Å²) in [5.74, 6) is -0.188. The van der Waals surface area contributed by atoms with Gasteiger partial charge in [-0.25, -0.2) is 18.2 Å². The number of hydrogen-bond acceptors (Lipinski definition) is 5. The number of imidazole rings is 1. The molecule has 0 amide bonds. The molecule has 0 fully saturated rings. The molecule has 2 aromatic carbocycles. The highest BCUT2D eigenvalue weighted by Crippen LogP contribution is 2.24. The van der Waals surface area contributed by atoms with Crippen molar-refractivity contribution in [1.29, 1.82) is 0 Å². The minimum atomic E-state index is -3.93. The number of rotatable bonds is 6. The van der Waals surface area contributed by atoms with Gasteiger partial charge in [0.2, 0.25) is 10.0 Å². The van der Waals surface area contributed by atoms with E-state index in [1.165, 1.54) is 20.2 Å². The first-order chi connectivity index (χ1) is 13.3. The van der Waals surface area contributed by atoms with Crippen molar-refractivity contribution in [3.8, 4) is 11.3 Å². The first kappa shape index (κ1) is 19.8. The van der Waals surface area contributed by atoms with Gasteiger partial charge in [0.05, 0.1) is 36.0 Å². The number of aromatic nitrogens is 2. The highest BCUT2D eigenvalue weighted by atomic mass is 32.2. The number of carbonyl (C=O) groups is 1. The molecule has 0 unspecified atom stereocenters. The third kappa shape index (κ3) is 3.83. The number of benzene rings is 2. The summed E-state index contributed by atoms with van der Waals surface area (Å²) in [6, 6.07) is 14.3. The van der Waals surface area contributed by atoms with Gasteiger partial charge in [-0.15, -0.1) is 0 Å². The van der Waals surface area contributed by atoms with E-state index in [1.54, 1.807) is 25.3 Å². The maximum absolute atomic E-state index is 13.1. The van der Waals surface area contributed by atoms with Crippen LogP contribution in [0.15, 0.2) is 59.6 Å². The Hall–Kier alpha value is -2.97. The van der Waals surface area contributed by atoms with E-state index < -0.39 is 16.0 Å². The zero-order valence-corrected chi connectivity index (χ0v) is 16.7. The molecule has 1 N–H and O–H groups in total. The van der Waals surface area contributed by atoms with Gasteiger partial charge in [0.1, 0.15) is 5.82 Å². The van der Waals surface area contributed by atoms with Crippen LogP contribution in [0, 0.1) is 6.92 Å². The van der Waals surface area contributed by atoms with E-state index in [1.807, 2.05) is 30.3 Å². The fraction of sp³-hybridized carbons (Fsp3) is 0.200. The van der Waals surface area contributed by atoms with Crippen LogP contribution in [0.3, 0.4) is 0 Å². The van der Waals surface area contributed by atoms with Crippen molar-refractivity contribution in [2.75, 3.05) is 14.2 Å². The molecule has 0 saturated heterocycles. The molecule has 0 aliphatic rings. The van der Waals surface area contributed by atoms with Crippen LogP contribution in [0.1, 0.15) is 21.7 Å². The van der Waals surface area contributed by atoms with E-state index in [0.717, 1.165) is 15.6 Å². The summed E-state index contributed by atoms with van der Waals surface area (Å²) >= 11 is 0. The van der Waals surface area contributed by atoms with Crippen molar-refractivity contribution in [2.24, 2.45) is 0 Å². The smallest absolute Gasteiger partial charge is 0.339 e. The van der Waals surface area contributed by atoms with E-state index in [9.17, 15) is 13.2 Å². The minimum absolute atomic E-state index is 0.0315. The second-order valence-electron chi connectivity index (χ2n) is 6.31. The molecule has 1 heterocycles. The number of methoxy groups -OCH3 is 1. The first-order valence-corrected chi connectivity index (χ1v) is 10.0. The lowest BCUT2D eigenvalue weighted by molar-refractivity contribution is 0.0595. The number of ether oxygens (including phenoxy) is 1. The molecule has 0 aliphatic carbocycles. The van der Waals surface area contributed by atoms with E-state index in [2.05, 4.69) is 9.97 Å². The number of sulfonamides is 1. The van der Waals surface area contributed by atoms with Crippen molar-refractivity contribution in [3.63, 3.8) is 0 Å². The van der Waals surface area contributed by atoms with Gasteiger partial charge >= 0.3 is 5.97 Å². The molecular formula is C20H21N3O4S. The van der Waals surface area contributed by atoms with Gasteiger partial charge in [0, 0.05) is 7.05 Å². The molecule has 0 spiro atoms. The summed E-state index contributed by atoms with van der Waals surface area (Å²) in [6.07, 6.45) is 1.66. The number of nitrogens with one attached hydrogen (secondary N) is 1. The van der Waals surface area contributed by atoms with Crippen LogP contribution in [0.25, 0.3) is 11.3 Å². The topological polar surface area (TPSA) is 92.4 Å². The SMILES string of the molecule is COC(=O)c1c(C)cccc1S(=O)(=O)N(C)Cc1ncc(-c2ccccc2)[nH]1. The lowest BCUT2D eigenvalue weighted by atomic mass is 10.1. The lowest BCUT2D eigenvalue weighted by Gasteiger charge is -2.18. The fourth-order valence-electron chi connectivity index (χ4n) is 2.89. The van der Waals surface area contributed by atoms with Gasteiger partial charge in [-0.2, -0.15) is 4.31 Å². The molecule has 146 valence electrons. The number of carbonyl (C=O) groups excluding carboxylic acids is 1. The Morgan fingerprint density at radius 3 is 2.54 bits per heavy atom. The second kappa shape index (κ2) is 7.95. The fourth-order valence-corrected chi connectivity index (χ4v) is 4.27. The molecule has 0 aliphatic heterocycles. The summed E-state index contributed by atoms with van der Waals surface area (Å²) in [4.78, 5) is 19.4. The number of aromatic amines is 1. The van der Waals surface area contributed by atoms with Crippen LogP contribution in [-0.4, -0.2) is 42.8 Å². The summed E-state index contributed by atoms with van der Waals surface area (Å²) < 4.78 is 32.1. The van der Waals surface area contributed by atoms with Crippen LogP contribution in [0.2, 0.25) is 0 Å². The van der Waals surface area contributed by atoms with Crippen LogP contribution < -0.4 is 0 Å². The molecule has 1 aromatic heterocycles. The summed E-state index contributed by atoms with van der Waals surface area (Å²) in [7, 11) is -1.26. The summed E-state index contributed by atoms with van der Waals surface area (Å²) in [5, 5.41) is 0. The Balaban J connectivity index is 1.89. The van der Waals surface area contributed by atoms with Gasteiger partial charge in [-0.3, -0.25) is 0 Å². The zero-order chi connectivity index (χ0) is 20.3. The molecule has 3 rings (SSSR count). The number of aryl methyl sites for hydroxylation is 1. The highest BCUT2D eigenvalue weighted by Gasteiger charge is 2.28. The predicted octanol–water partition coefficient (Wildman–Crippen LogP) is 2.99. The third-order valence-electron chi connectivity index (χ3n) is 4.40. The zero-order valence-electron chi connectivity index (χ0n) is 15.8. The number of esters is 1. The van der Waals surface area contributed by atoms with Gasteiger partial charge < -0.3 is 9.72 Å². The monoisotopic (exact) mass is 399 g/mol. The Kier molecular flexibility index (Phi) is 5.62. The Bertz CT molecular complexity index is 1090. The van der Waals surface area contributed by atoms with Crippen LogP contribution >= 0.6 is 0 Å². The Morgan fingerprint density at radius 1 is 1.14 bits per heavy atom. The standard InChI is InChI=1S/C20H21N3O4S/c1-14-8-7-11-17(19(14)20(24)27-3)28(25,26)23(2)13-18-21-12-16(22-18)15-9-5-4-6-10-15/h4-12H,13H2,1-3H3,(H,21,22). The molecule has 0 atom stereocenters. The average Bonchev–Trinajstić information content (AvgIpc) is 3.16. The molecule has 0 saturated carbocycles. The minimum Gasteiger partial charge on any atom is -0.465 e. The number of H-pyrrole nitrogens is 1. The molecule has 0 radical (unpaired) electrons. The van der Waals surface area contributed by atoms with Crippen LogP contribution in [0.5, 0.6) is 0 Å². The Labute approximate surface area is 164 Å². The molecule has 3 aromatic rings. The van der Waals surface area contributed by atoms with Gasteiger partial charge in [0.15, 0.2) is 0 Å². The molecule has 0 bridgehead atoms. The van der Waals surface area contributed by atoms with E-state index in [0.29, 0.717) is 11.4 Å². The van der Waals surface area contributed by atoms with E-state index in [-0.39, 0.29) is 17.0 Å². The number of nitrogens with zero attached hydrogens (tertiary/aromatic N) is 2. The van der Waals surface area contributed by atoms with Crippen LogP contribution in [0.4, 0.5) is 0 Å². The Morgan fingerprint density at radius 2 is 1.86 bits per heavy atom. The second-order valence-corrected chi connectivity index (χ2v) is 8.32. The van der Waals surface area contributed by atoms with E-state index >= 15 is 0 Å². The van der Waals surface area contributed by atoms with E-state index in [4.69, 9.17) is 4.74 Å². The quantitative estimate of drug-likeness (QED) is 0.643. The molecule has 8 heteroatoms. The lowest BCUT2D eigenvalue weighted by Crippen LogP contribution is -2.29. The third-order valence-corrected chi connectivity index (χ3v) is 6.24. The van der Waals surface area contributed by atoms with Crippen molar-refractivity contribution >= 4 is 16.0 Å². The van der Waals surface area contributed by atoms with Gasteiger partial charge in [-0.05, 0) is 24.1 Å². The molecule has 7 nitrogen and oxygen atoms in total. The highest BCUT2D eigenvalue weighted by molar-refractivity contribution is 7.89. The maximum Gasteiger partial charge on any atom is 0.339 e. The molecular weight excluding hydrogens is 378 g/mol. The van der Waals surface area contributed by atoms with Crippen molar-refractivity contribution < 1.29 is 17.9 Å². The average molecular weight is 399 g/mol. The first-order valence-electron chi connectivity index (χ1n) is 8.58. The summed E-state index contributed by atoms with van der Waals surface area (Å²) in [6.45, 7) is 1.70. The van der Waals surface area contributed by atoms with Crippen molar-refractivity contribution in [2.45, 2.75) is 18.4 Å². The van der Waals surface area contributed by atoms with Crippen LogP contribution in [-0.2, 0) is 21.3 Å². The van der Waals surface area contributed by atoms with Gasteiger partial charge in [-0.1, -0.05) is 42.5 Å². The van der Waals surface area contributed by atoms with Gasteiger partial charge in [0.25, 0.3) is 0 Å². The maximum atomic E-state index is 13.1. The number of hydrogen-bond donors (Lipinski definition) is 1. The predicted molar refractivity (Wildman–Crippen MR) is 105 cm³/mol.